The van der Waals surface area contributed by atoms with Crippen LogP contribution in [0.3, 0.4) is 0 Å². The van der Waals surface area contributed by atoms with Gasteiger partial charge >= 0.3 is 6.85 Å². The van der Waals surface area contributed by atoms with E-state index in [0.29, 0.717) is 5.89 Å². The third-order valence-corrected chi connectivity index (χ3v) is 16.2. The van der Waals surface area contributed by atoms with Gasteiger partial charge in [0.05, 0.1) is 11.0 Å². The van der Waals surface area contributed by atoms with Gasteiger partial charge in [-0.05, 0) is 132 Å². The molecule has 6 heteroatoms. The number of hydrogen-bond donors (Lipinski definition) is 0. The number of benzene rings is 8. The van der Waals surface area contributed by atoms with Gasteiger partial charge in [-0.3, -0.25) is 0 Å². The Bertz CT molecular complexity index is 4090. The van der Waals surface area contributed by atoms with E-state index in [1.54, 1.807) is 0 Å². The van der Waals surface area contributed by atoms with Crippen LogP contribution >= 0.6 is 0 Å². The summed E-state index contributed by atoms with van der Waals surface area (Å²) in [4.78, 5) is 7.91. The number of fused-ring (bicyclic) bond motifs is 17. The minimum Gasteiger partial charge on any atom is -0.456 e. The molecule has 14 rings (SSSR count). The minimum absolute atomic E-state index is 0.00900. The largest absolute Gasteiger partial charge is 0.456 e. The van der Waals surface area contributed by atoms with Crippen molar-refractivity contribution in [3.8, 4) is 39.4 Å². The summed E-state index contributed by atoms with van der Waals surface area (Å²) in [5.74, 6) is 0.623. The van der Waals surface area contributed by atoms with Crippen LogP contribution in [0, 0.1) is 0 Å². The van der Waals surface area contributed by atoms with Gasteiger partial charge in [0.2, 0.25) is 5.89 Å². The van der Waals surface area contributed by atoms with Crippen LogP contribution in [-0.2, 0) is 21.7 Å². The first-order chi connectivity index (χ1) is 33.4. The van der Waals surface area contributed by atoms with Crippen molar-refractivity contribution in [2.24, 2.45) is 0 Å². The van der Waals surface area contributed by atoms with E-state index in [-0.39, 0.29) is 28.5 Å². The first kappa shape index (κ1) is 41.6. The van der Waals surface area contributed by atoms with Crippen molar-refractivity contribution in [3.63, 3.8) is 0 Å². The Labute approximate surface area is 409 Å². The van der Waals surface area contributed by atoms with Gasteiger partial charge in [-0.15, -0.1) is 0 Å². The second-order valence-corrected chi connectivity index (χ2v) is 24.0. The van der Waals surface area contributed by atoms with Crippen molar-refractivity contribution in [2.45, 2.75) is 97.8 Å². The highest BCUT2D eigenvalue weighted by Gasteiger charge is 2.50. The Morgan fingerprint density at radius 2 is 1.21 bits per heavy atom. The third kappa shape index (κ3) is 5.53. The summed E-state index contributed by atoms with van der Waals surface area (Å²) in [5.41, 5.74) is 24.1. The molecule has 70 heavy (non-hydrogen) atoms. The maximum atomic E-state index is 7.04. The first-order valence-electron chi connectivity index (χ1n) is 25.1. The zero-order chi connectivity index (χ0) is 48.1. The van der Waals surface area contributed by atoms with Crippen LogP contribution in [0.5, 0.6) is 0 Å². The first-order valence-corrected chi connectivity index (χ1v) is 25.1. The molecule has 0 radical (unpaired) electrons. The minimum atomic E-state index is -0.306. The maximum Gasteiger partial charge on any atom is 0.333 e. The van der Waals surface area contributed by atoms with Crippen LogP contribution in [0.2, 0.25) is 0 Å². The van der Waals surface area contributed by atoms with Gasteiger partial charge in [0, 0.05) is 61.2 Å². The van der Waals surface area contributed by atoms with E-state index in [1.165, 1.54) is 82.8 Å². The molecule has 0 atom stereocenters. The molecule has 11 aromatic rings. The molecule has 5 heterocycles. The van der Waals surface area contributed by atoms with Crippen molar-refractivity contribution < 1.29 is 8.83 Å². The number of aromatic nitrogens is 2. The summed E-state index contributed by atoms with van der Waals surface area (Å²) in [5, 5.41) is 4.86. The zero-order valence-corrected chi connectivity index (χ0v) is 42.0. The number of hydrogen-bond acceptors (Lipinski definition) is 4. The summed E-state index contributed by atoms with van der Waals surface area (Å²) >= 11 is 0. The van der Waals surface area contributed by atoms with Crippen molar-refractivity contribution >= 4 is 84.0 Å². The van der Waals surface area contributed by atoms with E-state index in [9.17, 15) is 0 Å². The maximum absolute atomic E-state index is 7.04. The predicted molar refractivity (Wildman–Crippen MR) is 294 cm³/mol. The second-order valence-electron chi connectivity index (χ2n) is 24.0. The second kappa shape index (κ2) is 13.5. The van der Waals surface area contributed by atoms with Crippen LogP contribution in [-0.4, -0.2) is 16.4 Å². The fourth-order valence-corrected chi connectivity index (χ4v) is 12.6. The summed E-state index contributed by atoms with van der Waals surface area (Å²) < 4.78 is 16.4. The van der Waals surface area contributed by atoms with Gasteiger partial charge in [-0.1, -0.05) is 149 Å². The van der Waals surface area contributed by atoms with Gasteiger partial charge in [-0.2, -0.15) is 0 Å². The molecule has 0 saturated carbocycles. The average molecular weight is 910 g/mol. The summed E-state index contributed by atoms with van der Waals surface area (Å²) in [6.07, 6.45) is 0. The molecule has 0 spiro atoms. The van der Waals surface area contributed by atoms with E-state index < -0.39 is 0 Å². The smallest absolute Gasteiger partial charge is 0.333 e. The molecule has 8 aromatic carbocycles. The number of anilines is 2. The fraction of sp³-hybridized carbons (Fsp3) is 0.234. The van der Waals surface area contributed by atoms with Crippen LogP contribution in [0.25, 0.3) is 94.2 Å². The quantitative estimate of drug-likeness (QED) is 0.162. The van der Waals surface area contributed by atoms with Crippen LogP contribution in [0.4, 0.5) is 11.4 Å². The molecule has 5 nitrogen and oxygen atoms in total. The number of rotatable bonds is 2. The summed E-state index contributed by atoms with van der Waals surface area (Å²) in [7, 11) is 0. The number of nitrogens with zero attached hydrogens (tertiary/aromatic N) is 3. The molecule has 3 aliphatic rings. The number of oxazole rings is 1. The number of furan rings is 1. The highest BCUT2D eigenvalue weighted by molar-refractivity contribution is 6.94. The Morgan fingerprint density at radius 3 is 1.96 bits per heavy atom. The average Bonchev–Trinajstić information content (AvgIpc) is 4.07. The van der Waals surface area contributed by atoms with E-state index in [4.69, 9.17) is 13.8 Å². The van der Waals surface area contributed by atoms with Gasteiger partial charge in [0.1, 0.15) is 16.7 Å². The van der Waals surface area contributed by atoms with E-state index in [1.807, 2.05) is 18.2 Å². The molecule has 0 amide bonds. The monoisotopic (exact) mass is 909 g/mol. The molecule has 0 saturated heterocycles. The fourth-order valence-electron chi connectivity index (χ4n) is 12.6. The lowest BCUT2D eigenvalue weighted by Gasteiger charge is -2.43. The molecular formula is C64H56BN3O2. The lowest BCUT2D eigenvalue weighted by molar-refractivity contribution is 0.587. The normalized spacial score (nSPS) is 14.8. The van der Waals surface area contributed by atoms with E-state index in [0.717, 1.165) is 55.7 Å². The van der Waals surface area contributed by atoms with Gasteiger partial charge < -0.3 is 18.2 Å². The van der Waals surface area contributed by atoms with Gasteiger partial charge in [0.15, 0.2) is 5.58 Å². The third-order valence-electron chi connectivity index (χ3n) is 16.2. The molecular weight excluding hydrogens is 854 g/mol. The molecule has 0 bridgehead atoms. The van der Waals surface area contributed by atoms with Crippen molar-refractivity contribution in [2.75, 3.05) is 4.81 Å². The highest BCUT2D eigenvalue weighted by atomic mass is 16.3. The standard InChI is InChI=1S/C64H56BN3O2/c1-61(2,3)36-21-25-39(26-22-36)68-49-31-42-40-27-23-38(63(7,8)9)30-51(40)69-52(42)32-44(49)55-54-41-19-15-16-20-45(41)64(10,11)57(54)56-43-29-37(62(4,5)6)24-28-48(43)67-50-34-53-47(33-46(50)65(68)58(55)59(56)67)66-60(70-53)35-17-13-12-14-18-35/h12-34H,1-11H3. The van der Waals surface area contributed by atoms with Crippen molar-refractivity contribution in [1.82, 2.24) is 9.55 Å². The van der Waals surface area contributed by atoms with Gasteiger partial charge in [0.25, 0.3) is 0 Å². The molecule has 342 valence electrons. The van der Waals surface area contributed by atoms with Crippen LogP contribution in [0.15, 0.2) is 148 Å². The highest BCUT2D eigenvalue weighted by Crippen LogP contribution is 2.59. The van der Waals surface area contributed by atoms with Gasteiger partial charge in [-0.25, -0.2) is 4.98 Å². The SMILES string of the molecule is CC(C)(C)c1ccc(N2B3c4cc5nc(-c6ccccc6)oc5cc4-n4c5ccc(C(C)(C)C)cc5c5c6c(c(c3c54)-c3cc4oc5cc(C(C)(C)C)ccc5c4cc32)-c2ccccc2C6(C)C)cc1. The zero-order valence-electron chi connectivity index (χ0n) is 42.0. The molecule has 2 aliphatic heterocycles. The van der Waals surface area contributed by atoms with E-state index >= 15 is 0 Å². The topological polar surface area (TPSA) is 47.3 Å². The molecule has 0 N–H and O–H groups in total. The molecule has 0 unspecified atom stereocenters. The molecule has 3 aromatic heterocycles. The Hall–Kier alpha value is -7.31. The summed E-state index contributed by atoms with van der Waals surface area (Å²) in [6, 6.07) is 52.4. The van der Waals surface area contributed by atoms with E-state index in [2.05, 4.69) is 207 Å². The van der Waals surface area contributed by atoms with Crippen molar-refractivity contribution in [3.05, 3.63) is 167 Å². The predicted octanol–water partition coefficient (Wildman–Crippen LogP) is 15.9. The summed E-state index contributed by atoms with van der Waals surface area (Å²) in [6.45, 7) is 25.4. The van der Waals surface area contributed by atoms with Crippen molar-refractivity contribution in [1.29, 1.82) is 0 Å². The van der Waals surface area contributed by atoms with Crippen LogP contribution < -0.4 is 15.7 Å². The lowest BCUT2D eigenvalue weighted by Crippen LogP contribution is -2.60. The lowest BCUT2D eigenvalue weighted by atomic mass is 9.43. The van der Waals surface area contributed by atoms with Crippen LogP contribution in [0.1, 0.15) is 104 Å². The molecule has 1 aliphatic carbocycles. The Morgan fingerprint density at radius 1 is 0.543 bits per heavy atom. The molecule has 0 fully saturated rings. The Balaban J connectivity index is 1.20. The Kier molecular flexibility index (Phi) is 8.04.